The minimum Gasteiger partial charge on any atom is -0.464 e. The third kappa shape index (κ3) is 5.74. The molecule has 2 saturated heterocycles. The molecule has 2 unspecified atom stereocenters. The van der Waals surface area contributed by atoms with Crippen LogP contribution in [0.1, 0.15) is 76.7 Å². The first-order valence-electron chi connectivity index (χ1n) is 11.7. The highest BCUT2D eigenvalue weighted by Crippen LogP contribution is 2.48. The monoisotopic (exact) mass is 490 g/mol. The molecule has 170 valence electrons. The molecule has 0 bridgehead atoms. The van der Waals surface area contributed by atoms with Gasteiger partial charge in [-0.25, -0.2) is 0 Å². The van der Waals surface area contributed by atoms with Crippen molar-refractivity contribution in [3.05, 3.63) is 46.0 Å². The van der Waals surface area contributed by atoms with Crippen LogP contribution in [0.15, 0.2) is 40.4 Å². The highest BCUT2D eigenvalue weighted by atomic mass is 79.9. The smallest absolute Gasteiger partial charge is 0.199 e. The lowest BCUT2D eigenvalue weighted by Gasteiger charge is -2.35. The fourth-order valence-electron chi connectivity index (χ4n) is 4.89. The van der Waals surface area contributed by atoms with Crippen LogP contribution in [0.25, 0.3) is 0 Å². The normalized spacial score (nSPS) is 29.2. The van der Waals surface area contributed by atoms with Crippen molar-refractivity contribution in [1.29, 1.82) is 0 Å². The maximum atomic E-state index is 6.48. The number of rotatable bonds is 6. The first kappa shape index (κ1) is 22.9. The molecule has 1 aromatic rings. The topological polar surface area (TPSA) is 36.9 Å². The second kappa shape index (κ2) is 10.5. The van der Waals surface area contributed by atoms with Gasteiger partial charge in [0, 0.05) is 28.8 Å². The van der Waals surface area contributed by atoms with E-state index in [1.54, 1.807) is 0 Å². The maximum absolute atomic E-state index is 6.48. The summed E-state index contributed by atoms with van der Waals surface area (Å²) in [7, 11) is 0. The van der Waals surface area contributed by atoms with E-state index in [1.165, 1.54) is 11.1 Å². The molecule has 0 aromatic heterocycles. The molecule has 2 fully saturated rings. The van der Waals surface area contributed by atoms with Crippen LogP contribution in [-0.4, -0.2) is 25.8 Å². The lowest BCUT2D eigenvalue weighted by molar-refractivity contribution is -0.110. The molecule has 0 N–H and O–H groups in total. The molecule has 4 nitrogen and oxygen atoms in total. The highest BCUT2D eigenvalue weighted by molar-refractivity contribution is 9.10. The largest absolute Gasteiger partial charge is 0.464 e. The lowest BCUT2D eigenvalue weighted by atomic mass is 9.74. The molecule has 3 aliphatic rings. The zero-order valence-electron chi connectivity index (χ0n) is 18.8. The van der Waals surface area contributed by atoms with Crippen molar-refractivity contribution in [3.8, 4) is 11.5 Å². The lowest BCUT2D eigenvalue weighted by Crippen LogP contribution is -2.28. The van der Waals surface area contributed by atoms with Crippen LogP contribution >= 0.6 is 15.9 Å². The summed E-state index contributed by atoms with van der Waals surface area (Å²) in [6.07, 6.45) is 10.4. The van der Waals surface area contributed by atoms with Crippen LogP contribution < -0.4 is 9.47 Å². The minimum atomic E-state index is -0.211. The average molecular weight is 491 g/mol. The Morgan fingerprint density at radius 2 is 1.55 bits per heavy atom. The summed E-state index contributed by atoms with van der Waals surface area (Å²) in [4.78, 5) is 0. The van der Waals surface area contributed by atoms with E-state index >= 15 is 0 Å². The predicted molar refractivity (Wildman–Crippen MR) is 127 cm³/mol. The summed E-state index contributed by atoms with van der Waals surface area (Å²) in [5.74, 6) is 2.20. The van der Waals surface area contributed by atoms with Gasteiger partial charge in [0.2, 0.25) is 0 Å². The number of hydrogen-bond donors (Lipinski definition) is 0. The SMILES string of the molecule is C=C(C)[C@@H]1CCC(C)=C[C@H]1c1c(OC2CCCCO2)cc(Br)cc1OC1CCCCO1. The second-order valence-electron chi connectivity index (χ2n) is 9.17. The van der Waals surface area contributed by atoms with Crippen LogP contribution in [0.4, 0.5) is 0 Å². The van der Waals surface area contributed by atoms with Gasteiger partial charge in [0.15, 0.2) is 12.6 Å². The molecular formula is C26H35BrO4. The molecular weight excluding hydrogens is 456 g/mol. The molecule has 0 saturated carbocycles. The summed E-state index contributed by atoms with van der Waals surface area (Å²) in [6, 6.07) is 4.13. The van der Waals surface area contributed by atoms with Crippen molar-refractivity contribution < 1.29 is 18.9 Å². The molecule has 0 spiro atoms. The second-order valence-corrected chi connectivity index (χ2v) is 10.1. The number of allylic oxidation sites excluding steroid dienone is 3. The Kier molecular flexibility index (Phi) is 7.78. The van der Waals surface area contributed by atoms with Crippen molar-refractivity contribution in [1.82, 2.24) is 0 Å². The van der Waals surface area contributed by atoms with Crippen molar-refractivity contribution in [2.75, 3.05) is 13.2 Å². The molecule has 2 aliphatic heterocycles. The van der Waals surface area contributed by atoms with Crippen molar-refractivity contribution >= 4 is 15.9 Å². The predicted octanol–water partition coefficient (Wildman–Crippen LogP) is 7.28. The zero-order valence-corrected chi connectivity index (χ0v) is 20.4. The Morgan fingerprint density at radius 3 is 2.03 bits per heavy atom. The summed E-state index contributed by atoms with van der Waals surface area (Å²) in [5.41, 5.74) is 3.71. The quantitative estimate of drug-likeness (QED) is 0.392. The molecule has 4 atom stereocenters. The molecule has 2 heterocycles. The van der Waals surface area contributed by atoms with Gasteiger partial charge < -0.3 is 18.9 Å². The van der Waals surface area contributed by atoms with E-state index in [0.29, 0.717) is 5.92 Å². The zero-order chi connectivity index (χ0) is 21.8. The molecule has 1 aliphatic carbocycles. The van der Waals surface area contributed by atoms with E-state index in [9.17, 15) is 0 Å². The van der Waals surface area contributed by atoms with Crippen LogP contribution in [0.3, 0.4) is 0 Å². The first-order valence-corrected chi connectivity index (χ1v) is 12.5. The Balaban J connectivity index is 1.75. The van der Waals surface area contributed by atoms with Gasteiger partial charge in [-0.05, 0) is 70.4 Å². The number of hydrogen-bond acceptors (Lipinski definition) is 4. The van der Waals surface area contributed by atoms with Gasteiger partial charge in [0.05, 0.1) is 13.2 Å². The highest BCUT2D eigenvalue weighted by Gasteiger charge is 2.33. The van der Waals surface area contributed by atoms with Crippen molar-refractivity contribution in [2.24, 2.45) is 5.92 Å². The Labute approximate surface area is 195 Å². The Hall–Kier alpha value is -1.30. The van der Waals surface area contributed by atoms with Gasteiger partial charge in [0.25, 0.3) is 0 Å². The summed E-state index contributed by atoms with van der Waals surface area (Å²) >= 11 is 3.68. The summed E-state index contributed by atoms with van der Waals surface area (Å²) < 4.78 is 25.7. The molecule has 4 rings (SSSR count). The Bertz CT molecular complexity index is 765. The average Bonchev–Trinajstić information content (AvgIpc) is 2.75. The van der Waals surface area contributed by atoms with E-state index in [-0.39, 0.29) is 18.5 Å². The van der Waals surface area contributed by atoms with Crippen LogP contribution in [-0.2, 0) is 9.47 Å². The van der Waals surface area contributed by atoms with Crippen LogP contribution in [0.2, 0.25) is 0 Å². The maximum Gasteiger partial charge on any atom is 0.199 e. The number of ether oxygens (including phenoxy) is 4. The molecule has 1 aromatic carbocycles. The van der Waals surface area contributed by atoms with Crippen LogP contribution in [0.5, 0.6) is 11.5 Å². The third-order valence-electron chi connectivity index (χ3n) is 6.58. The number of halogens is 1. The molecule has 0 radical (unpaired) electrons. The van der Waals surface area contributed by atoms with Gasteiger partial charge in [-0.15, -0.1) is 0 Å². The van der Waals surface area contributed by atoms with E-state index < -0.39 is 0 Å². The molecule has 5 heteroatoms. The van der Waals surface area contributed by atoms with Gasteiger partial charge in [-0.3, -0.25) is 0 Å². The van der Waals surface area contributed by atoms with E-state index in [2.05, 4.69) is 54.6 Å². The van der Waals surface area contributed by atoms with Crippen LogP contribution in [0, 0.1) is 5.92 Å². The third-order valence-corrected chi connectivity index (χ3v) is 7.03. The fraction of sp³-hybridized carbons (Fsp3) is 0.615. The van der Waals surface area contributed by atoms with Gasteiger partial charge in [0.1, 0.15) is 11.5 Å². The fourth-order valence-corrected chi connectivity index (χ4v) is 5.31. The van der Waals surface area contributed by atoms with Gasteiger partial charge >= 0.3 is 0 Å². The summed E-state index contributed by atoms with van der Waals surface area (Å²) in [6.45, 7) is 10.2. The van der Waals surface area contributed by atoms with Crippen molar-refractivity contribution in [3.63, 3.8) is 0 Å². The Morgan fingerprint density at radius 1 is 0.968 bits per heavy atom. The van der Waals surface area contributed by atoms with Gasteiger partial charge in [-0.2, -0.15) is 0 Å². The summed E-state index contributed by atoms with van der Waals surface area (Å²) in [5, 5.41) is 0. The van der Waals surface area contributed by atoms with E-state index in [1.807, 2.05) is 0 Å². The van der Waals surface area contributed by atoms with E-state index in [0.717, 1.165) is 86.1 Å². The molecule has 0 amide bonds. The van der Waals surface area contributed by atoms with Gasteiger partial charge in [-0.1, -0.05) is 39.7 Å². The number of benzene rings is 1. The van der Waals surface area contributed by atoms with Crippen molar-refractivity contribution in [2.45, 2.75) is 83.7 Å². The van der Waals surface area contributed by atoms with E-state index in [4.69, 9.17) is 18.9 Å². The first-order chi connectivity index (χ1) is 15.0. The molecule has 31 heavy (non-hydrogen) atoms. The standard InChI is InChI=1S/C26H35BrO4/c1-17(2)20-11-10-18(3)14-21(20)26-22(30-24-8-4-6-12-28-24)15-19(27)16-23(26)31-25-9-5-7-13-29-25/h14-16,20-21,24-25H,1,4-13H2,2-3H3/t20-,21+,24?,25?/m0/s1. The minimum absolute atomic E-state index is 0.163.